The molecule has 2 N–H and O–H groups in total. The van der Waals surface area contributed by atoms with Gasteiger partial charge in [0.25, 0.3) is 11.9 Å². The monoisotopic (exact) mass is 658 g/mol. The Hall–Kier alpha value is -5.43. The molecule has 1 saturated heterocycles. The third-order valence-corrected chi connectivity index (χ3v) is 7.89. The standard InChI is InChI=1S/C35H33F3N6O4/c1-2-48-24-14-12-22(13-15-24)21-44-26-11-7-6-10-25(26)30(23-8-4-3-5-9-23)41-34(35(44)46)40-27(45)20-39-33-29(37)31(28(36)32(38)42-33)43-16-18-47-19-17-43/h3-15,34H,2,16-21H2,1H3,(H,39,42)(H,40,45)/t34-/m0/s1. The highest BCUT2D eigenvalue weighted by molar-refractivity contribution is 6.20. The molecule has 0 bridgehead atoms. The molecule has 3 heterocycles. The number of nitrogens with zero attached hydrogens (tertiary/aromatic N) is 4. The van der Waals surface area contributed by atoms with Gasteiger partial charge in [-0.25, -0.2) is 9.38 Å². The van der Waals surface area contributed by atoms with Crippen LogP contribution in [0.3, 0.4) is 0 Å². The molecule has 13 heteroatoms. The van der Waals surface area contributed by atoms with Crippen molar-refractivity contribution in [3.63, 3.8) is 0 Å². The molecule has 0 spiro atoms. The third-order valence-electron chi connectivity index (χ3n) is 7.89. The van der Waals surface area contributed by atoms with Crippen molar-refractivity contribution in [1.82, 2.24) is 10.3 Å². The summed E-state index contributed by atoms with van der Waals surface area (Å²) < 4.78 is 55.3. The van der Waals surface area contributed by atoms with E-state index >= 15 is 4.39 Å². The van der Waals surface area contributed by atoms with E-state index in [1.165, 1.54) is 4.90 Å². The number of benzene rings is 3. The molecular formula is C35H33F3N6O4. The molecule has 4 aromatic rings. The molecule has 2 aliphatic heterocycles. The number of rotatable bonds is 10. The first-order valence-electron chi connectivity index (χ1n) is 15.5. The van der Waals surface area contributed by atoms with Gasteiger partial charge < -0.3 is 29.9 Å². The molecule has 6 rings (SSSR count). The predicted octanol–water partition coefficient (Wildman–Crippen LogP) is 4.67. The molecule has 48 heavy (non-hydrogen) atoms. The lowest BCUT2D eigenvalue weighted by atomic mass is 10.00. The van der Waals surface area contributed by atoms with Crippen LogP contribution in [0.2, 0.25) is 0 Å². The van der Waals surface area contributed by atoms with Gasteiger partial charge in [0.05, 0.1) is 44.3 Å². The molecule has 0 saturated carbocycles. The van der Waals surface area contributed by atoms with Gasteiger partial charge in [0.1, 0.15) is 11.4 Å². The fourth-order valence-electron chi connectivity index (χ4n) is 5.60. The minimum atomic E-state index is -1.51. The minimum Gasteiger partial charge on any atom is -0.494 e. The topological polar surface area (TPSA) is 108 Å². The van der Waals surface area contributed by atoms with Crippen LogP contribution in [-0.4, -0.2) is 68.1 Å². The number of fused-ring (bicyclic) bond motifs is 1. The van der Waals surface area contributed by atoms with Gasteiger partial charge in [-0.3, -0.25) is 9.59 Å². The van der Waals surface area contributed by atoms with E-state index in [1.54, 1.807) is 4.90 Å². The number of hydrogen-bond donors (Lipinski definition) is 2. The maximum atomic E-state index is 15.4. The zero-order chi connectivity index (χ0) is 33.6. The van der Waals surface area contributed by atoms with Crippen LogP contribution in [-0.2, 0) is 20.9 Å². The zero-order valence-electron chi connectivity index (χ0n) is 26.1. The van der Waals surface area contributed by atoms with Gasteiger partial charge in [-0.15, -0.1) is 0 Å². The minimum absolute atomic E-state index is 0.151. The quantitative estimate of drug-likeness (QED) is 0.239. The van der Waals surface area contributed by atoms with E-state index in [4.69, 9.17) is 14.5 Å². The highest BCUT2D eigenvalue weighted by atomic mass is 19.2. The predicted molar refractivity (Wildman–Crippen MR) is 175 cm³/mol. The van der Waals surface area contributed by atoms with E-state index in [1.807, 2.05) is 85.8 Å². The molecule has 1 atom stereocenters. The Morgan fingerprint density at radius 1 is 0.958 bits per heavy atom. The van der Waals surface area contributed by atoms with Crippen LogP contribution < -0.4 is 25.2 Å². The van der Waals surface area contributed by atoms with Gasteiger partial charge in [0.2, 0.25) is 17.9 Å². The van der Waals surface area contributed by atoms with Crippen LogP contribution in [0.25, 0.3) is 0 Å². The van der Waals surface area contributed by atoms with Crippen LogP contribution >= 0.6 is 0 Å². The van der Waals surface area contributed by atoms with Crippen molar-refractivity contribution in [2.24, 2.45) is 4.99 Å². The average Bonchev–Trinajstić information content (AvgIpc) is 3.22. The number of para-hydroxylation sites is 1. The molecule has 1 fully saturated rings. The lowest BCUT2D eigenvalue weighted by molar-refractivity contribution is -0.126. The molecule has 0 radical (unpaired) electrons. The van der Waals surface area contributed by atoms with Crippen molar-refractivity contribution >= 4 is 34.7 Å². The fraction of sp³-hybridized carbons (Fsp3) is 0.257. The highest BCUT2D eigenvalue weighted by Gasteiger charge is 2.33. The summed E-state index contributed by atoms with van der Waals surface area (Å²) >= 11 is 0. The maximum absolute atomic E-state index is 15.4. The van der Waals surface area contributed by atoms with E-state index in [-0.39, 0.29) is 32.8 Å². The van der Waals surface area contributed by atoms with E-state index in [9.17, 15) is 18.4 Å². The van der Waals surface area contributed by atoms with E-state index in [0.29, 0.717) is 29.3 Å². The van der Waals surface area contributed by atoms with Crippen LogP contribution in [0.5, 0.6) is 5.75 Å². The summed E-state index contributed by atoms with van der Waals surface area (Å²) in [6, 6.07) is 23.9. The number of carbonyl (C=O) groups is 2. The Kier molecular flexibility index (Phi) is 9.86. The zero-order valence-corrected chi connectivity index (χ0v) is 26.1. The average molecular weight is 659 g/mol. The van der Waals surface area contributed by atoms with Crippen molar-refractivity contribution < 1.29 is 32.2 Å². The van der Waals surface area contributed by atoms with Crippen LogP contribution in [0.15, 0.2) is 83.9 Å². The second-order valence-electron chi connectivity index (χ2n) is 11.0. The smallest absolute Gasteiger partial charge is 0.272 e. The first-order chi connectivity index (χ1) is 23.3. The number of halogens is 3. The number of ether oxygens (including phenoxy) is 2. The molecule has 248 valence electrons. The highest BCUT2D eigenvalue weighted by Crippen LogP contribution is 2.31. The molecule has 10 nitrogen and oxygen atoms in total. The Morgan fingerprint density at radius 2 is 1.67 bits per heavy atom. The summed E-state index contributed by atoms with van der Waals surface area (Å²) in [4.78, 5) is 38.5. The maximum Gasteiger partial charge on any atom is 0.272 e. The molecule has 1 aromatic heterocycles. The lowest BCUT2D eigenvalue weighted by Crippen LogP contribution is -2.48. The second kappa shape index (κ2) is 14.6. The summed E-state index contributed by atoms with van der Waals surface area (Å²) in [5.74, 6) is -5.30. The van der Waals surface area contributed by atoms with Gasteiger partial charge in [0, 0.05) is 24.2 Å². The van der Waals surface area contributed by atoms with Gasteiger partial charge in [-0.05, 0) is 30.7 Å². The summed E-state index contributed by atoms with van der Waals surface area (Å²) in [6.07, 6.45) is -1.38. The molecule has 2 aliphatic rings. The number of aromatic nitrogens is 1. The van der Waals surface area contributed by atoms with Crippen molar-refractivity contribution in [2.75, 3.05) is 54.6 Å². The largest absolute Gasteiger partial charge is 0.494 e. The number of aliphatic imine (C=N–C) groups is 1. The summed E-state index contributed by atoms with van der Waals surface area (Å²) in [6.45, 7) is 2.70. The number of benzodiazepines with no additional fused rings is 1. The Balaban J connectivity index is 1.28. The second-order valence-corrected chi connectivity index (χ2v) is 11.0. The van der Waals surface area contributed by atoms with Gasteiger partial charge in [-0.1, -0.05) is 60.7 Å². The lowest BCUT2D eigenvalue weighted by Gasteiger charge is -2.29. The fourth-order valence-corrected chi connectivity index (χ4v) is 5.60. The number of morpholine rings is 1. The van der Waals surface area contributed by atoms with E-state index in [0.717, 1.165) is 11.1 Å². The van der Waals surface area contributed by atoms with Crippen LogP contribution in [0, 0.1) is 17.6 Å². The third kappa shape index (κ3) is 6.95. The Bertz CT molecular complexity index is 1820. The molecule has 2 amide bonds. The number of hydrogen-bond acceptors (Lipinski definition) is 8. The number of amides is 2. The summed E-state index contributed by atoms with van der Waals surface area (Å²) in [5, 5.41) is 5.09. The van der Waals surface area contributed by atoms with Crippen molar-refractivity contribution in [3.8, 4) is 5.75 Å². The summed E-state index contributed by atoms with van der Waals surface area (Å²) in [7, 11) is 0. The van der Waals surface area contributed by atoms with Gasteiger partial charge in [0.15, 0.2) is 11.6 Å². The number of pyridine rings is 1. The normalized spacial score (nSPS) is 16.1. The molecule has 0 aliphatic carbocycles. The molecule has 3 aromatic carbocycles. The molecule has 0 unspecified atom stereocenters. The molecular weight excluding hydrogens is 625 g/mol. The first-order valence-corrected chi connectivity index (χ1v) is 15.5. The van der Waals surface area contributed by atoms with E-state index < -0.39 is 53.6 Å². The van der Waals surface area contributed by atoms with Crippen molar-refractivity contribution in [1.29, 1.82) is 0 Å². The van der Waals surface area contributed by atoms with E-state index in [2.05, 4.69) is 15.6 Å². The SMILES string of the molecule is CCOc1ccc(CN2C(=O)[C@@H](NC(=O)CNc3nc(F)c(F)c(N4CCOCC4)c3F)N=C(c3ccccc3)c3ccccc32)cc1. The number of nitrogens with one attached hydrogen (secondary N) is 2. The van der Waals surface area contributed by atoms with Crippen LogP contribution in [0.1, 0.15) is 23.6 Å². The van der Waals surface area contributed by atoms with Gasteiger partial charge in [-0.2, -0.15) is 13.8 Å². The van der Waals surface area contributed by atoms with Crippen molar-refractivity contribution in [3.05, 3.63) is 113 Å². The van der Waals surface area contributed by atoms with Crippen LogP contribution in [0.4, 0.5) is 30.4 Å². The Labute approximate surface area is 275 Å². The van der Waals surface area contributed by atoms with Gasteiger partial charge >= 0.3 is 0 Å². The van der Waals surface area contributed by atoms with Crippen molar-refractivity contribution in [2.45, 2.75) is 19.6 Å². The number of anilines is 3. The first kappa shape index (κ1) is 32.5. The number of carbonyl (C=O) groups excluding carboxylic acids is 2. The summed E-state index contributed by atoms with van der Waals surface area (Å²) in [5.41, 5.74) is 2.70. The Morgan fingerprint density at radius 3 is 2.40 bits per heavy atom.